The minimum atomic E-state index is -0.771. The van der Waals surface area contributed by atoms with E-state index in [0.717, 1.165) is 0 Å². The molecule has 82 valence electrons. The van der Waals surface area contributed by atoms with Crippen LogP contribution in [-0.4, -0.2) is 24.1 Å². The Balaban J connectivity index is 2.85. The largest absolute Gasteiger partial charge is 0.468 e. The molecule has 0 saturated carbocycles. The van der Waals surface area contributed by atoms with Crippen LogP contribution in [0.2, 0.25) is 10.0 Å². The quantitative estimate of drug-likeness (QED) is 0.823. The second-order valence-corrected chi connectivity index (χ2v) is 3.73. The molecule has 15 heavy (non-hydrogen) atoms. The second kappa shape index (κ2) is 5.30. The van der Waals surface area contributed by atoms with E-state index >= 15 is 0 Å². The maximum absolute atomic E-state index is 11.1. The van der Waals surface area contributed by atoms with Crippen molar-refractivity contribution in [3.05, 3.63) is 28.0 Å². The van der Waals surface area contributed by atoms with Gasteiger partial charge in [0.1, 0.15) is 6.04 Å². The van der Waals surface area contributed by atoms with Crippen molar-refractivity contribution in [2.45, 2.75) is 12.5 Å². The van der Waals surface area contributed by atoms with Gasteiger partial charge in [0, 0.05) is 18.8 Å². The van der Waals surface area contributed by atoms with Crippen molar-refractivity contribution in [1.29, 1.82) is 0 Å². The number of halogens is 2. The van der Waals surface area contributed by atoms with Crippen LogP contribution in [0, 0.1) is 0 Å². The molecule has 0 radical (unpaired) electrons. The fourth-order valence-electron chi connectivity index (χ4n) is 1.09. The highest BCUT2D eigenvalue weighted by molar-refractivity contribution is 6.35. The van der Waals surface area contributed by atoms with E-state index in [1.165, 1.54) is 19.5 Å². The van der Waals surface area contributed by atoms with Gasteiger partial charge in [0.2, 0.25) is 0 Å². The van der Waals surface area contributed by atoms with Crippen LogP contribution in [0.3, 0.4) is 0 Å². The molecule has 0 bridgehead atoms. The standard InChI is InChI=1S/C9H10Cl2N2O2/c1-15-9(14)8(12)2-5-6(10)3-13-4-7(5)11/h3-4,8H,2,12H2,1H3/t8-/m1/s1. The van der Waals surface area contributed by atoms with Crippen LogP contribution in [0.1, 0.15) is 5.56 Å². The normalized spacial score (nSPS) is 12.3. The van der Waals surface area contributed by atoms with Gasteiger partial charge in [-0.3, -0.25) is 9.78 Å². The van der Waals surface area contributed by atoms with Crippen molar-refractivity contribution in [1.82, 2.24) is 4.98 Å². The first-order valence-corrected chi connectivity index (χ1v) is 4.93. The Morgan fingerprint density at radius 1 is 1.53 bits per heavy atom. The van der Waals surface area contributed by atoms with Gasteiger partial charge in [-0.15, -0.1) is 0 Å². The van der Waals surface area contributed by atoms with Gasteiger partial charge >= 0.3 is 5.97 Å². The molecule has 1 aromatic heterocycles. The third-order valence-corrected chi connectivity index (χ3v) is 2.53. The molecule has 1 aromatic rings. The highest BCUT2D eigenvalue weighted by atomic mass is 35.5. The minimum Gasteiger partial charge on any atom is -0.468 e. The first kappa shape index (κ1) is 12.2. The highest BCUT2D eigenvalue weighted by Gasteiger charge is 2.17. The molecule has 0 unspecified atom stereocenters. The van der Waals surface area contributed by atoms with Crippen LogP contribution in [-0.2, 0) is 16.0 Å². The van der Waals surface area contributed by atoms with Gasteiger partial charge in [0.25, 0.3) is 0 Å². The van der Waals surface area contributed by atoms with Gasteiger partial charge in [-0.05, 0) is 5.56 Å². The molecule has 0 aromatic carbocycles. The molecule has 2 N–H and O–H groups in total. The zero-order valence-corrected chi connectivity index (χ0v) is 9.55. The van der Waals surface area contributed by atoms with E-state index in [1.54, 1.807) is 0 Å². The topological polar surface area (TPSA) is 65.2 Å². The Morgan fingerprint density at radius 2 is 2.07 bits per heavy atom. The number of pyridine rings is 1. The molecule has 6 heteroatoms. The summed E-state index contributed by atoms with van der Waals surface area (Å²) in [5.41, 5.74) is 6.19. The Kier molecular flexibility index (Phi) is 4.32. The molecule has 0 amide bonds. The number of carbonyl (C=O) groups excluding carboxylic acids is 1. The Bertz CT molecular complexity index is 351. The zero-order chi connectivity index (χ0) is 11.4. The molecule has 0 saturated heterocycles. The molecule has 0 spiro atoms. The van der Waals surface area contributed by atoms with E-state index in [2.05, 4.69) is 9.72 Å². The third kappa shape index (κ3) is 3.06. The van der Waals surface area contributed by atoms with Gasteiger partial charge in [-0.2, -0.15) is 0 Å². The maximum atomic E-state index is 11.1. The summed E-state index contributed by atoms with van der Waals surface area (Å²) < 4.78 is 4.50. The first-order chi connectivity index (χ1) is 7.06. The van der Waals surface area contributed by atoms with E-state index in [9.17, 15) is 4.79 Å². The number of hydrogen-bond donors (Lipinski definition) is 1. The van der Waals surface area contributed by atoms with Gasteiger partial charge in [-0.1, -0.05) is 23.2 Å². The third-order valence-electron chi connectivity index (χ3n) is 1.88. The van der Waals surface area contributed by atoms with Gasteiger partial charge in [-0.25, -0.2) is 0 Å². The molecule has 0 aliphatic carbocycles. The first-order valence-electron chi connectivity index (χ1n) is 4.17. The number of methoxy groups -OCH3 is 1. The summed E-state index contributed by atoms with van der Waals surface area (Å²) in [5, 5.41) is 0.781. The summed E-state index contributed by atoms with van der Waals surface area (Å²) in [5.74, 6) is -0.501. The molecule has 4 nitrogen and oxygen atoms in total. The van der Waals surface area contributed by atoms with Crippen LogP contribution < -0.4 is 5.73 Å². The molecular formula is C9H10Cl2N2O2. The van der Waals surface area contributed by atoms with E-state index in [4.69, 9.17) is 28.9 Å². The number of nitrogens with zero attached hydrogens (tertiary/aromatic N) is 1. The average molecular weight is 249 g/mol. The van der Waals surface area contributed by atoms with Crippen molar-refractivity contribution in [3.8, 4) is 0 Å². The molecule has 1 atom stereocenters. The number of esters is 1. The van der Waals surface area contributed by atoms with Gasteiger partial charge in [0.15, 0.2) is 0 Å². The van der Waals surface area contributed by atoms with Crippen molar-refractivity contribution < 1.29 is 9.53 Å². The highest BCUT2D eigenvalue weighted by Crippen LogP contribution is 2.23. The van der Waals surface area contributed by atoms with Crippen molar-refractivity contribution in [3.63, 3.8) is 0 Å². The van der Waals surface area contributed by atoms with Crippen LogP contribution in [0.15, 0.2) is 12.4 Å². The lowest BCUT2D eigenvalue weighted by atomic mass is 10.1. The number of rotatable bonds is 3. The van der Waals surface area contributed by atoms with Crippen molar-refractivity contribution in [2.75, 3.05) is 7.11 Å². The summed E-state index contributed by atoms with van der Waals surface area (Å²) in [6.45, 7) is 0. The predicted molar refractivity (Wildman–Crippen MR) is 58.0 cm³/mol. The summed E-state index contributed by atoms with van der Waals surface area (Å²) in [6.07, 6.45) is 3.13. The Labute approximate surface area is 97.3 Å². The summed E-state index contributed by atoms with van der Waals surface area (Å²) in [4.78, 5) is 14.9. The van der Waals surface area contributed by atoms with Crippen LogP contribution in [0.4, 0.5) is 0 Å². The molecule has 0 aliphatic heterocycles. The summed E-state index contributed by atoms with van der Waals surface area (Å²) in [6, 6.07) is -0.771. The Morgan fingerprint density at radius 3 is 2.53 bits per heavy atom. The monoisotopic (exact) mass is 248 g/mol. The molecular weight excluding hydrogens is 239 g/mol. The minimum absolute atomic E-state index is 0.229. The SMILES string of the molecule is COC(=O)[C@H](N)Cc1c(Cl)cncc1Cl. The molecule has 0 fully saturated rings. The number of aromatic nitrogens is 1. The van der Waals surface area contributed by atoms with Crippen LogP contribution in [0.5, 0.6) is 0 Å². The maximum Gasteiger partial charge on any atom is 0.322 e. The lowest BCUT2D eigenvalue weighted by Crippen LogP contribution is -2.33. The lowest BCUT2D eigenvalue weighted by Gasteiger charge is -2.11. The van der Waals surface area contributed by atoms with Gasteiger partial charge in [0.05, 0.1) is 17.2 Å². The summed E-state index contributed by atoms with van der Waals surface area (Å²) in [7, 11) is 1.28. The van der Waals surface area contributed by atoms with Gasteiger partial charge < -0.3 is 10.5 Å². The number of hydrogen-bond acceptors (Lipinski definition) is 4. The number of carbonyl (C=O) groups is 1. The molecule has 0 aliphatic rings. The number of ether oxygens (including phenoxy) is 1. The van der Waals surface area contributed by atoms with E-state index in [1.807, 2.05) is 0 Å². The molecule has 1 rings (SSSR count). The number of nitrogens with two attached hydrogens (primary N) is 1. The molecule has 1 heterocycles. The Hall–Kier alpha value is -0.840. The fraction of sp³-hybridized carbons (Fsp3) is 0.333. The van der Waals surface area contributed by atoms with Crippen LogP contribution in [0.25, 0.3) is 0 Å². The zero-order valence-electron chi connectivity index (χ0n) is 8.04. The van der Waals surface area contributed by atoms with E-state index in [-0.39, 0.29) is 6.42 Å². The lowest BCUT2D eigenvalue weighted by molar-refractivity contribution is -0.142. The van der Waals surface area contributed by atoms with Crippen molar-refractivity contribution >= 4 is 29.2 Å². The second-order valence-electron chi connectivity index (χ2n) is 2.92. The van der Waals surface area contributed by atoms with E-state index in [0.29, 0.717) is 15.6 Å². The predicted octanol–water partition coefficient (Wildman–Crippen LogP) is 1.43. The van der Waals surface area contributed by atoms with Crippen molar-refractivity contribution in [2.24, 2.45) is 5.73 Å². The van der Waals surface area contributed by atoms with E-state index < -0.39 is 12.0 Å². The summed E-state index contributed by atoms with van der Waals surface area (Å²) >= 11 is 11.7. The van der Waals surface area contributed by atoms with Crippen LogP contribution >= 0.6 is 23.2 Å². The smallest absolute Gasteiger partial charge is 0.322 e. The average Bonchev–Trinajstić information content (AvgIpc) is 2.22. The fourth-order valence-corrected chi connectivity index (χ4v) is 1.61.